The molecule has 1 N–H and O–H groups in total. The van der Waals surface area contributed by atoms with Crippen LogP contribution in [0.1, 0.15) is 24.5 Å². The first-order valence-electron chi connectivity index (χ1n) is 4.88. The van der Waals surface area contributed by atoms with Gasteiger partial charge in [-0.1, -0.05) is 0 Å². The van der Waals surface area contributed by atoms with Crippen LogP contribution in [0.2, 0.25) is 0 Å². The minimum absolute atomic E-state index is 0.172. The summed E-state index contributed by atoms with van der Waals surface area (Å²) in [6, 6.07) is 0.876. The highest BCUT2D eigenvalue weighted by molar-refractivity contribution is 5.75. The maximum absolute atomic E-state index is 12.4. The Balaban J connectivity index is 2.64. The Bertz CT molecular complexity index is 560. The van der Waals surface area contributed by atoms with Crippen molar-refractivity contribution in [2.75, 3.05) is 0 Å². The lowest BCUT2D eigenvalue weighted by atomic mass is 10.3. The van der Waals surface area contributed by atoms with Gasteiger partial charge in [-0.25, -0.2) is 9.97 Å². The van der Waals surface area contributed by atoms with Gasteiger partial charge in [0.1, 0.15) is 17.6 Å². The molecule has 0 saturated heterocycles. The summed E-state index contributed by atoms with van der Waals surface area (Å²) in [5.74, 6) is 0.307. The van der Waals surface area contributed by atoms with E-state index in [1.54, 1.807) is 7.05 Å². The van der Waals surface area contributed by atoms with Crippen molar-refractivity contribution in [2.24, 2.45) is 7.05 Å². The first-order valence-corrected chi connectivity index (χ1v) is 4.88. The Hall–Kier alpha value is -1.63. The second-order valence-electron chi connectivity index (χ2n) is 3.76. The molecule has 2 aromatic rings. The highest BCUT2D eigenvalue weighted by Crippen LogP contribution is 2.29. The van der Waals surface area contributed by atoms with Gasteiger partial charge < -0.3 is 9.67 Å². The molecule has 1 atom stereocenters. The fourth-order valence-electron chi connectivity index (χ4n) is 1.64. The summed E-state index contributed by atoms with van der Waals surface area (Å²) in [6.45, 7) is 1.50. The Morgan fingerprint density at radius 3 is 2.59 bits per heavy atom. The predicted molar refractivity (Wildman–Crippen MR) is 54.1 cm³/mol. The SMILES string of the molecule is CC(O)c1nc2cc(C(F)(F)F)ncc2n1C. The maximum Gasteiger partial charge on any atom is 0.433 e. The molecule has 0 aliphatic rings. The first kappa shape index (κ1) is 11.8. The highest BCUT2D eigenvalue weighted by Gasteiger charge is 2.33. The molecule has 17 heavy (non-hydrogen) atoms. The van der Waals surface area contributed by atoms with Crippen LogP contribution in [-0.2, 0) is 13.2 Å². The third-order valence-corrected chi connectivity index (χ3v) is 2.47. The Labute approximate surface area is 94.7 Å². The van der Waals surface area contributed by atoms with Gasteiger partial charge in [-0.2, -0.15) is 13.2 Å². The molecule has 0 spiro atoms. The molecular weight excluding hydrogens is 235 g/mol. The Morgan fingerprint density at radius 2 is 2.06 bits per heavy atom. The molecule has 0 aromatic carbocycles. The average Bonchev–Trinajstić information content (AvgIpc) is 2.54. The van der Waals surface area contributed by atoms with E-state index in [2.05, 4.69) is 9.97 Å². The third-order valence-electron chi connectivity index (χ3n) is 2.47. The summed E-state index contributed by atoms with van der Waals surface area (Å²) >= 11 is 0. The number of halogens is 3. The molecule has 92 valence electrons. The Morgan fingerprint density at radius 1 is 1.41 bits per heavy atom. The molecule has 2 aromatic heterocycles. The standard InChI is InChI=1S/C10H10F3N3O/c1-5(17)9-15-6-3-8(10(11,12)13)14-4-7(6)16(9)2/h3-5,17H,1-2H3. The normalized spacial score (nSPS) is 14.2. The molecule has 0 radical (unpaired) electrons. The predicted octanol–water partition coefficient (Wildman–Crippen LogP) is 2.04. The van der Waals surface area contributed by atoms with Crippen LogP contribution in [0.3, 0.4) is 0 Å². The number of nitrogens with zero attached hydrogens (tertiary/aromatic N) is 3. The third kappa shape index (κ3) is 1.97. The number of alkyl halides is 3. The molecule has 7 heteroatoms. The van der Waals surface area contributed by atoms with Crippen molar-refractivity contribution in [3.8, 4) is 0 Å². The zero-order valence-electron chi connectivity index (χ0n) is 9.15. The number of pyridine rings is 1. The van der Waals surface area contributed by atoms with E-state index in [-0.39, 0.29) is 5.52 Å². The molecular formula is C10H10F3N3O. The van der Waals surface area contributed by atoms with Crippen molar-refractivity contribution in [3.05, 3.63) is 23.8 Å². The lowest BCUT2D eigenvalue weighted by Gasteiger charge is -2.05. The van der Waals surface area contributed by atoms with Gasteiger partial charge in [0.25, 0.3) is 0 Å². The molecule has 0 amide bonds. The summed E-state index contributed by atoms with van der Waals surface area (Å²) in [7, 11) is 1.62. The average molecular weight is 245 g/mol. The lowest BCUT2D eigenvalue weighted by molar-refractivity contribution is -0.141. The van der Waals surface area contributed by atoms with Gasteiger partial charge in [-0.05, 0) is 13.0 Å². The van der Waals surface area contributed by atoms with E-state index in [0.29, 0.717) is 11.3 Å². The molecule has 1 unspecified atom stereocenters. The fraction of sp³-hybridized carbons (Fsp3) is 0.400. The van der Waals surface area contributed by atoms with E-state index < -0.39 is 18.0 Å². The lowest BCUT2D eigenvalue weighted by Crippen LogP contribution is -2.07. The smallest absolute Gasteiger partial charge is 0.385 e. The van der Waals surface area contributed by atoms with Gasteiger partial charge in [0.05, 0.1) is 17.2 Å². The van der Waals surface area contributed by atoms with Gasteiger partial charge in [0.2, 0.25) is 0 Å². The van der Waals surface area contributed by atoms with Crippen molar-refractivity contribution in [1.82, 2.24) is 14.5 Å². The molecule has 0 bridgehead atoms. The number of hydrogen-bond donors (Lipinski definition) is 1. The van der Waals surface area contributed by atoms with Crippen molar-refractivity contribution >= 4 is 11.0 Å². The number of imidazole rings is 1. The van der Waals surface area contributed by atoms with Crippen LogP contribution in [0.25, 0.3) is 11.0 Å². The second-order valence-corrected chi connectivity index (χ2v) is 3.76. The Kier molecular flexibility index (Phi) is 2.57. The van der Waals surface area contributed by atoms with E-state index in [4.69, 9.17) is 0 Å². The highest BCUT2D eigenvalue weighted by atomic mass is 19.4. The molecule has 0 saturated carbocycles. The second kappa shape index (κ2) is 3.69. The maximum atomic E-state index is 12.4. The number of aliphatic hydroxyl groups excluding tert-OH is 1. The van der Waals surface area contributed by atoms with E-state index in [0.717, 1.165) is 12.3 Å². The molecule has 2 heterocycles. The molecule has 0 aliphatic carbocycles. The van der Waals surface area contributed by atoms with Crippen LogP contribution in [0.4, 0.5) is 13.2 Å². The van der Waals surface area contributed by atoms with Crippen molar-refractivity contribution in [2.45, 2.75) is 19.2 Å². The van der Waals surface area contributed by atoms with Gasteiger partial charge >= 0.3 is 6.18 Å². The fourth-order valence-corrected chi connectivity index (χ4v) is 1.64. The largest absolute Gasteiger partial charge is 0.433 e. The topological polar surface area (TPSA) is 50.9 Å². The van der Waals surface area contributed by atoms with Gasteiger partial charge in [-0.3, -0.25) is 0 Å². The van der Waals surface area contributed by atoms with E-state index in [1.807, 2.05) is 0 Å². The van der Waals surface area contributed by atoms with Crippen LogP contribution in [-0.4, -0.2) is 19.6 Å². The number of aryl methyl sites for hydroxylation is 1. The summed E-state index contributed by atoms with van der Waals surface area (Å²) < 4.78 is 38.8. The monoisotopic (exact) mass is 245 g/mol. The molecule has 4 nitrogen and oxygen atoms in total. The van der Waals surface area contributed by atoms with Crippen molar-refractivity contribution in [3.63, 3.8) is 0 Å². The quantitative estimate of drug-likeness (QED) is 0.836. The summed E-state index contributed by atoms with van der Waals surface area (Å²) in [5, 5.41) is 9.41. The minimum Gasteiger partial charge on any atom is -0.385 e. The molecule has 2 rings (SSSR count). The zero-order valence-corrected chi connectivity index (χ0v) is 9.15. The number of rotatable bonds is 1. The summed E-state index contributed by atoms with van der Waals surface area (Å²) in [4.78, 5) is 7.30. The number of hydrogen-bond acceptors (Lipinski definition) is 3. The van der Waals surface area contributed by atoms with Crippen molar-refractivity contribution in [1.29, 1.82) is 0 Å². The van der Waals surface area contributed by atoms with Gasteiger partial charge in [-0.15, -0.1) is 0 Å². The van der Waals surface area contributed by atoms with Crippen LogP contribution < -0.4 is 0 Å². The molecule has 0 fully saturated rings. The van der Waals surface area contributed by atoms with Crippen LogP contribution in [0, 0.1) is 0 Å². The van der Waals surface area contributed by atoms with E-state index in [9.17, 15) is 18.3 Å². The first-order chi connectivity index (χ1) is 7.80. The van der Waals surface area contributed by atoms with E-state index >= 15 is 0 Å². The van der Waals surface area contributed by atoms with Crippen molar-refractivity contribution < 1.29 is 18.3 Å². The number of aromatic nitrogens is 3. The molecule has 0 aliphatic heterocycles. The van der Waals surface area contributed by atoms with Gasteiger partial charge in [0, 0.05) is 7.05 Å². The summed E-state index contributed by atoms with van der Waals surface area (Å²) in [6.07, 6.45) is -4.23. The van der Waals surface area contributed by atoms with Crippen LogP contribution in [0.15, 0.2) is 12.3 Å². The zero-order chi connectivity index (χ0) is 12.8. The van der Waals surface area contributed by atoms with Crippen LogP contribution in [0.5, 0.6) is 0 Å². The summed E-state index contributed by atoms with van der Waals surface area (Å²) in [5.41, 5.74) is -0.361. The van der Waals surface area contributed by atoms with Gasteiger partial charge in [0.15, 0.2) is 0 Å². The van der Waals surface area contributed by atoms with E-state index in [1.165, 1.54) is 11.5 Å². The number of fused-ring (bicyclic) bond motifs is 1. The number of aliphatic hydroxyl groups is 1. The minimum atomic E-state index is -4.49. The van der Waals surface area contributed by atoms with Crippen LogP contribution >= 0.6 is 0 Å².